The number of benzene rings is 1. The zero-order valence-corrected chi connectivity index (χ0v) is 11.4. The molecule has 1 aromatic carbocycles. The van der Waals surface area contributed by atoms with Crippen LogP contribution in [0.4, 0.5) is 4.39 Å². The van der Waals surface area contributed by atoms with Crippen molar-refractivity contribution in [1.82, 2.24) is 4.72 Å². The smallest absolute Gasteiger partial charge is 0.240 e. The van der Waals surface area contributed by atoms with E-state index in [1.807, 2.05) is 0 Å². The molecule has 5 nitrogen and oxygen atoms in total. The van der Waals surface area contributed by atoms with Gasteiger partial charge in [-0.15, -0.1) is 0 Å². The summed E-state index contributed by atoms with van der Waals surface area (Å²) in [6.07, 6.45) is 0. The number of hydrogen-bond acceptors (Lipinski definition) is 3. The second kappa shape index (κ2) is 6.42. The van der Waals surface area contributed by atoms with Crippen LogP contribution in [0.2, 0.25) is 0 Å². The maximum atomic E-state index is 12.7. The van der Waals surface area contributed by atoms with Gasteiger partial charge in [-0.3, -0.25) is 0 Å². The molecule has 106 valence electrons. The van der Waals surface area contributed by atoms with Crippen molar-refractivity contribution < 1.29 is 22.4 Å². The van der Waals surface area contributed by atoms with Crippen molar-refractivity contribution >= 4 is 10.0 Å². The van der Waals surface area contributed by atoms with Gasteiger partial charge in [-0.1, -0.05) is 0 Å². The van der Waals surface area contributed by atoms with E-state index in [0.717, 1.165) is 45.0 Å². The molecule has 1 heterocycles. The van der Waals surface area contributed by atoms with E-state index in [1.54, 1.807) is 0 Å². The Morgan fingerprint density at radius 3 is 2.47 bits per heavy atom. The summed E-state index contributed by atoms with van der Waals surface area (Å²) in [7, 11) is -3.54. The van der Waals surface area contributed by atoms with Crippen LogP contribution in [-0.4, -0.2) is 47.8 Å². The fraction of sp³-hybridized carbons (Fsp3) is 0.500. The molecule has 0 radical (unpaired) electrons. The third-order valence-corrected chi connectivity index (χ3v) is 4.57. The average molecular weight is 289 g/mol. The first-order chi connectivity index (χ1) is 9.08. The number of halogens is 1. The highest BCUT2D eigenvalue weighted by Gasteiger charge is 2.17. The predicted octanol–water partition coefficient (Wildman–Crippen LogP) is -0.981. The summed E-state index contributed by atoms with van der Waals surface area (Å²) in [5, 5.41) is 0. The topological polar surface area (TPSA) is 59.8 Å². The van der Waals surface area contributed by atoms with E-state index in [2.05, 4.69) is 4.72 Å². The lowest BCUT2D eigenvalue weighted by Crippen LogP contribution is -3.14. The predicted molar refractivity (Wildman–Crippen MR) is 68.0 cm³/mol. The number of quaternary nitrogens is 1. The van der Waals surface area contributed by atoms with Crippen molar-refractivity contribution in [2.45, 2.75) is 4.90 Å². The number of nitrogens with one attached hydrogen (secondary N) is 2. The fourth-order valence-corrected chi connectivity index (χ4v) is 3.00. The first kappa shape index (κ1) is 14.4. The molecule has 1 saturated heterocycles. The molecular weight excluding hydrogens is 271 g/mol. The van der Waals surface area contributed by atoms with Gasteiger partial charge in [-0.05, 0) is 24.3 Å². The number of sulfonamides is 1. The van der Waals surface area contributed by atoms with Gasteiger partial charge in [0.1, 0.15) is 18.9 Å². The van der Waals surface area contributed by atoms with Crippen LogP contribution >= 0.6 is 0 Å². The lowest BCUT2D eigenvalue weighted by atomic mass is 10.4. The van der Waals surface area contributed by atoms with E-state index in [-0.39, 0.29) is 4.90 Å². The molecule has 0 spiro atoms. The zero-order valence-electron chi connectivity index (χ0n) is 10.6. The van der Waals surface area contributed by atoms with Crippen LogP contribution in [0.15, 0.2) is 29.2 Å². The molecule has 0 aromatic heterocycles. The van der Waals surface area contributed by atoms with Gasteiger partial charge in [-0.2, -0.15) is 0 Å². The summed E-state index contributed by atoms with van der Waals surface area (Å²) in [6, 6.07) is 4.81. The van der Waals surface area contributed by atoms with Crippen LogP contribution in [0.5, 0.6) is 0 Å². The van der Waals surface area contributed by atoms with Crippen LogP contribution in [0.3, 0.4) is 0 Å². The van der Waals surface area contributed by atoms with Crippen LogP contribution in [0.1, 0.15) is 0 Å². The van der Waals surface area contributed by atoms with Crippen molar-refractivity contribution in [2.75, 3.05) is 39.4 Å². The van der Waals surface area contributed by atoms with Crippen molar-refractivity contribution in [3.8, 4) is 0 Å². The lowest BCUT2D eigenvalue weighted by Gasteiger charge is -2.23. The quantitative estimate of drug-likeness (QED) is 0.732. The SMILES string of the molecule is O=S(=O)(NCC[NH+]1CCOCC1)c1ccc(F)cc1. The highest BCUT2D eigenvalue weighted by molar-refractivity contribution is 7.89. The first-order valence-corrected chi connectivity index (χ1v) is 7.73. The van der Waals surface area contributed by atoms with Crippen molar-refractivity contribution in [2.24, 2.45) is 0 Å². The molecule has 2 rings (SSSR count). The van der Waals surface area contributed by atoms with Gasteiger partial charge in [0.25, 0.3) is 0 Å². The summed E-state index contributed by atoms with van der Waals surface area (Å²) in [4.78, 5) is 1.42. The van der Waals surface area contributed by atoms with E-state index >= 15 is 0 Å². The van der Waals surface area contributed by atoms with Crippen LogP contribution in [-0.2, 0) is 14.8 Å². The molecule has 1 aliphatic heterocycles. The van der Waals surface area contributed by atoms with Gasteiger partial charge in [-0.25, -0.2) is 17.5 Å². The summed E-state index contributed by atoms with van der Waals surface area (Å²) in [5.41, 5.74) is 0. The molecule has 0 unspecified atom stereocenters. The highest BCUT2D eigenvalue weighted by Crippen LogP contribution is 2.08. The molecule has 7 heteroatoms. The minimum Gasteiger partial charge on any atom is -0.370 e. The molecule has 1 aromatic rings. The van der Waals surface area contributed by atoms with Crippen LogP contribution in [0, 0.1) is 5.82 Å². The summed E-state index contributed by atoms with van der Waals surface area (Å²) in [5.74, 6) is -0.447. The van der Waals surface area contributed by atoms with Gasteiger partial charge in [0.15, 0.2) is 0 Å². The Labute approximate surface area is 112 Å². The molecule has 1 aliphatic rings. The molecule has 0 aliphatic carbocycles. The van der Waals surface area contributed by atoms with E-state index in [4.69, 9.17) is 4.74 Å². The average Bonchev–Trinajstić information content (AvgIpc) is 2.40. The molecule has 0 bridgehead atoms. The zero-order chi connectivity index (χ0) is 13.7. The van der Waals surface area contributed by atoms with Crippen molar-refractivity contribution in [3.63, 3.8) is 0 Å². The van der Waals surface area contributed by atoms with E-state index in [1.165, 1.54) is 17.0 Å². The fourth-order valence-electron chi connectivity index (χ4n) is 1.97. The Balaban J connectivity index is 1.85. The minimum atomic E-state index is -3.54. The number of hydrogen-bond donors (Lipinski definition) is 2. The van der Waals surface area contributed by atoms with Crippen molar-refractivity contribution in [1.29, 1.82) is 0 Å². The lowest BCUT2D eigenvalue weighted by molar-refractivity contribution is -0.906. The van der Waals surface area contributed by atoms with Gasteiger partial charge in [0.2, 0.25) is 10.0 Å². The second-order valence-corrected chi connectivity index (χ2v) is 6.23. The van der Waals surface area contributed by atoms with Gasteiger partial charge >= 0.3 is 0 Å². The number of morpholine rings is 1. The minimum absolute atomic E-state index is 0.0888. The largest absolute Gasteiger partial charge is 0.370 e. The standard InChI is InChI=1S/C12H17FN2O3S/c13-11-1-3-12(4-2-11)19(16,17)14-5-6-15-7-9-18-10-8-15/h1-4,14H,5-10H2/p+1. The Hall–Kier alpha value is -1.02. The number of ether oxygens (including phenoxy) is 1. The maximum absolute atomic E-state index is 12.7. The molecule has 0 amide bonds. The van der Waals surface area contributed by atoms with Crippen LogP contribution in [0.25, 0.3) is 0 Å². The highest BCUT2D eigenvalue weighted by atomic mass is 32.2. The van der Waals surface area contributed by atoms with Crippen molar-refractivity contribution in [3.05, 3.63) is 30.1 Å². The Bertz CT molecular complexity index is 498. The Kier molecular flexibility index (Phi) is 4.87. The molecule has 1 fully saturated rings. The molecule has 0 saturated carbocycles. The third kappa shape index (κ3) is 4.24. The summed E-state index contributed by atoms with van der Waals surface area (Å²) < 4.78 is 44.3. The van der Waals surface area contributed by atoms with Crippen LogP contribution < -0.4 is 9.62 Å². The van der Waals surface area contributed by atoms with Gasteiger partial charge < -0.3 is 9.64 Å². The second-order valence-electron chi connectivity index (χ2n) is 4.46. The van der Waals surface area contributed by atoms with Gasteiger partial charge in [0, 0.05) is 0 Å². The van der Waals surface area contributed by atoms with Gasteiger partial charge in [0.05, 0.1) is 31.2 Å². The molecule has 2 N–H and O–H groups in total. The molecule has 19 heavy (non-hydrogen) atoms. The normalized spacial score (nSPS) is 17.5. The molecule has 0 atom stereocenters. The summed E-state index contributed by atoms with van der Waals surface area (Å²) >= 11 is 0. The monoisotopic (exact) mass is 289 g/mol. The Morgan fingerprint density at radius 1 is 1.21 bits per heavy atom. The molecular formula is C12H18FN2O3S+. The maximum Gasteiger partial charge on any atom is 0.240 e. The number of rotatable bonds is 5. The third-order valence-electron chi connectivity index (χ3n) is 3.09. The first-order valence-electron chi connectivity index (χ1n) is 6.24. The van der Waals surface area contributed by atoms with E-state index < -0.39 is 15.8 Å². The van der Waals surface area contributed by atoms with E-state index in [0.29, 0.717) is 6.54 Å². The van der Waals surface area contributed by atoms with E-state index in [9.17, 15) is 12.8 Å². The summed E-state index contributed by atoms with van der Waals surface area (Å²) in [6.45, 7) is 4.34. The Morgan fingerprint density at radius 2 is 1.84 bits per heavy atom.